The summed E-state index contributed by atoms with van der Waals surface area (Å²) >= 11 is -2.19. The highest BCUT2D eigenvalue weighted by Gasteiger charge is 2.38. The molecule has 0 bridgehead atoms. The predicted octanol–water partition coefficient (Wildman–Crippen LogP) is 3.02. The Morgan fingerprint density at radius 3 is 2.79 bits per heavy atom. The second kappa shape index (κ2) is 7.42. The molecule has 128 valence electrons. The number of nitrogens with one attached hydrogen (secondary N) is 1. The van der Waals surface area contributed by atoms with Gasteiger partial charge < -0.3 is 9.29 Å². The zero-order valence-corrected chi connectivity index (χ0v) is 14.6. The van der Waals surface area contributed by atoms with Gasteiger partial charge in [-0.1, -0.05) is 24.3 Å². The van der Waals surface area contributed by atoms with Crippen molar-refractivity contribution in [2.45, 2.75) is 31.7 Å². The average molecular weight is 345 g/mol. The summed E-state index contributed by atoms with van der Waals surface area (Å²) in [4.78, 5) is 4.40. The second-order valence-corrected chi connectivity index (χ2v) is 6.97. The number of methoxy groups -OCH3 is 1. The quantitative estimate of drug-likeness (QED) is 0.783. The van der Waals surface area contributed by atoms with Crippen molar-refractivity contribution in [1.29, 1.82) is 0 Å². The van der Waals surface area contributed by atoms with Gasteiger partial charge in [-0.2, -0.15) is 0 Å². The lowest BCUT2D eigenvalue weighted by Gasteiger charge is -2.15. The maximum absolute atomic E-state index is 10.7. The number of ether oxygens (including phenoxy) is 1. The van der Waals surface area contributed by atoms with Gasteiger partial charge in [0.15, 0.2) is 0 Å². The van der Waals surface area contributed by atoms with Crippen molar-refractivity contribution in [2.75, 3.05) is 7.11 Å². The van der Waals surface area contributed by atoms with E-state index >= 15 is 0 Å². The molecule has 0 aliphatic heterocycles. The van der Waals surface area contributed by atoms with Gasteiger partial charge in [-0.15, -0.1) is 0 Å². The largest absolute Gasteiger partial charge is 0.760 e. The van der Waals surface area contributed by atoms with E-state index < -0.39 is 11.3 Å². The highest BCUT2D eigenvalue weighted by Crippen LogP contribution is 2.50. The van der Waals surface area contributed by atoms with Crippen LogP contribution in [0.25, 0.3) is 11.3 Å². The van der Waals surface area contributed by atoms with Gasteiger partial charge in [-0.05, 0) is 49.3 Å². The first kappa shape index (κ1) is 17.1. The van der Waals surface area contributed by atoms with Crippen LogP contribution in [0.1, 0.15) is 31.2 Å². The maximum atomic E-state index is 10.7. The monoisotopic (exact) mass is 345 g/mol. The van der Waals surface area contributed by atoms with E-state index in [1.54, 1.807) is 13.3 Å². The molecule has 0 amide bonds. The Hall–Kier alpha value is -1.76. The molecule has 1 aromatic carbocycles. The number of pyridine rings is 1. The molecule has 1 fully saturated rings. The van der Waals surface area contributed by atoms with Crippen LogP contribution in [-0.2, 0) is 11.3 Å². The third kappa shape index (κ3) is 4.01. The van der Waals surface area contributed by atoms with Crippen LogP contribution in [0.5, 0.6) is 5.75 Å². The van der Waals surface area contributed by atoms with Gasteiger partial charge in [0.2, 0.25) is 0 Å². The number of aromatic nitrogens is 1. The SMILES string of the molecule is COc1cccnc1-c1ccc(C2CC2CC(C)NS(=O)[O-])cc1. The molecule has 1 N–H and O–H groups in total. The van der Waals surface area contributed by atoms with Crippen LogP contribution >= 0.6 is 0 Å². The zero-order chi connectivity index (χ0) is 17.1. The Kier molecular flexibility index (Phi) is 5.28. The molecule has 0 spiro atoms. The van der Waals surface area contributed by atoms with Crippen LogP contribution in [0.2, 0.25) is 0 Å². The van der Waals surface area contributed by atoms with E-state index in [0.717, 1.165) is 29.8 Å². The van der Waals surface area contributed by atoms with E-state index in [4.69, 9.17) is 4.74 Å². The van der Waals surface area contributed by atoms with E-state index in [1.165, 1.54) is 5.56 Å². The lowest BCUT2D eigenvalue weighted by atomic mass is 10.0. The molecular formula is C18H21N2O3S-. The smallest absolute Gasteiger partial charge is 0.145 e. The van der Waals surface area contributed by atoms with Crippen LogP contribution in [0.15, 0.2) is 42.6 Å². The molecule has 0 saturated heterocycles. The molecule has 2 aromatic rings. The van der Waals surface area contributed by atoms with Gasteiger partial charge in [-0.25, -0.2) is 4.72 Å². The Balaban J connectivity index is 1.65. The molecule has 1 heterocycles. The van der Waals surface area contributed by atoms with Gasteiger partial charge in [0.25, 0.3) is 0 Å². The fraction of sp³-hybridized carbons (Fsp3) is 0.389. The number of hydrogen-bond acceptors (Lipinski definition) is 4. The fourth-order valence-corrected chi connectivity index (χ4v) is 3.67. The summed E-state index contributed by atoms with van der Waals surface area (Å²) in [7, 11) is 1.65. The van der Waals surface area contributed by atoms with Crippen LogP contribution in [-0.4, -0.2) is 26.9 Å². The second-order valence-electron chi connectivity index (χ2n) is 6.27. The minimum absolute atomic E-state index is 0.0182. The summed E-state index contributed by atoms with van der Waals surface area (Å²) < 4.78 is 29.2. The number of rotatable bonds is 7. The van der Waals surface area contributed by atoms with Crippen LogP contribution in [0.3, 0.4) is 0 Å². The Morgan fingerprint density at radius 1 is 1.38 bits per heavy atom. The minimum atomic E-state index is -2.19. The average Bonchev–Trinajstić information content (AvgIpc) is 3.33. The molecule has 1 saturated carbocycles. The minimum Gasteiger partial charge on any atom is -0.760 e. The summed E-state index contributed by atoms with van der Waals surface area (Å²) in [5.41, 5.74) is 3.17. The topological polar surface area (TPSA) is 74.3 Å². The van der Waals surface area contributed by atoms with Crippen molar-refractivity contribution in [3.63, 3.8) is 0 Å². The van der Waals surface area contributed by atoms with Crippen molar-refractivity contribution in [3.05, 3.63) is 48.2 Å². The predicted molar refractivity (Wildman–Crippen MR) is 93.2 cm³/mol. The number of benzene rings is 1. The number of nitrogens with zero attached hydrogens (tertiary/aromatic N) is 1. The van der Waals surface area contributed by atoms with Crippen LogP contribution in [0.4, 0.5) is 0 Å². The third-order valence-electron chi connectivity index (χ3n) is 4.48. The molecule has 5 nitrogen and oxygen atoms in total. The van der Waals surface area contributed by atoms with E-state index in [0.29, 0.717) is 11.8 Å². The molecular weight excluding hydrogens is 324 g/mol. The summed E-state index contributed by atoms with van der Waals surface area (Å²) in [5, 5.41) is 0. The first-order valence-corrected chi connectivity index (χ1v) is 9.10. The van der Waals surface area contributed by atoms with Crippen molar-refractivity contribution in [1.82, 2.24) is 9.71 Å². The van der Waals surface area contributed by atoms with Crippen LogP contribution in [0, 0.1) is 5.92 Å². The Morgan fingerprint density at radius 2 is 2.12 bits per heavy atom. The van der Waals surface area contributed by atoms with E-state index in [-0.39, 0.29) is 6.04 Å². The van der Waals surface area contributed by atoms with Crippen molar-refractivity contribution < 1.29 is 13.5 Å². The van der Waals surface area contributed by atoms with E-state index in [9.17, 15) is 8.76 Å². The van der Waals surface area contributed by atoms with Crippen LogP contribution < -0.4 is 9.46 Å². The summed E-state index contributed by atoms with van der Waals surface area (Å²) in [6, 6.07) is 12.2. The summed E-state index contributed by atoms with van der Waals surface area (Å²) in [5.74, 6) is 1.83. The third-order valence-corrected chi connectivity index (χ3v) is 5.07. The summed E-state index contributed by atoms with van der Waals surface area (Å²) in [6.45, 7) is 1.90. The number of hydrogen-bond donors (Lipinski definition) is 1. The van der Waals surface area contributed by atoms with Gasteiger partial charge in [0, 0.05) is 29.1 Å². The highest BCUT2D eigenvalue weighted by atomic mass is 32.2. The van der Waals surface area contributed by atoms with Gasteiger partial charge in [-0.3, -0.25) is 9.19 Å². The lowest BCUT2D eigenvalue weighted by Crippen LogP contribution is -2.28. The van der Waals surface area contributed by atoms with Gasteiger partial charge in [0.05, 0.1) is 7.11 Å². The van der Waals surface area contributed by atoms with Crippen molar-refractivity contribution in [3.8, 4) is 17.0 Å². The zero-order valence-electron chi connectivity index (χ0n) is 13.8. The normalized spacial score (nSPS) is 22.0. The molecule has 24 heavy (non-hydrogen) atoms. The van der Waals surface area contributed by atoms with Crippen molar-refractivity contribution >= 4 is 11.3 Å². The standard InChI is InChI=1S/C18H22N2O3S/c1-12(20-24(21)22)10-15-11-16(15)13-5-7-14(8-6-13)18-17(23-2)4-3-9-19-18/h3-9,12,15-16,20H,10-11H2,1-2H3,(H,21,22)/p-1. The van der Waals surface area contributed by atoms with Gasteiger partial charge >= 0.3 is 0 Å². The lowest BCUT2D eigenvalue weighted by molar-refractivity contribution is 0.415. The highest BCUT2D eigenvalue weighted by molar-refractivity contribution is 7.77. The molecule has 1 aliphatic carbocycles. The van der Waals surface area contributed by atoms with E-state index in [1.807, 2.05) is 19.1 Å². The first-order valence-electron chi connectivity index (χ1n) is 8.03. The fourth-order valence-electron chi connectivity index (χ4n) is 3.24. The molecule has 6 heteroatoms. The molecule has 4 unspecified atom stereocenters. The molecule has 1 aliphatic rings. The molecule has 4 atom stereocenters. The Bertz CT molecular complexity index is 720. The molecule has 3 rings (SSSR count). The summed E-state index contributed by atoms with van der Waals surface area (Å²) in [6.07, 6.45) is 3.75. The first-order chi connectivity index (χ1) is 11.6. The van der Waals surface area contributed by atoms with Gasteiger partial charge in [0.1, 0.15) is 11.4 Å². The van der Waals surface area contributed by atoms with E-state index in [2.05, 4.69) is 34.0 Å². The maximum Gasteiger partial charge on any atom is 0.145 e. The van der Waals surface area contributed by atoms with Crippen molar-refractivity contribution in [2.24, 2.45) is 5.92 Å². The molecule has 0 radical (unpaired) electrons. The Labute approximate surface area is 144 Å². The molecule has 1 aromatic heterocycles.